The average molecular weight is 399 g/mol. The summed E-state index contributed by atoms with van der Waals surface area (Å²) in [7, 11) is 1.76. The standard InChI is InChI=1S/C19H16N2O4S2/c1-20(14-8-3-2-4-9-14)21-18(24)16(27-19(21)26)11-13-7-5-6-10-15(13)25-12-17(22)23/h2-11H,12H2,1H3,(H,22,23)/p-1/b16-11-. The number of nitrogens with zero attached hydrogens (tertiary/aromatic N) is 2. The fourth-order valence-electron chi connectivity index (χ4n) is 2.49. The van der Waals surface area contributed by atoms with Crippen LogP contribution in [0.4, 0.5) is 5.69 Å². The van der Waals surface area contributed by atoms with Gasteiger partial charge >= 0.3 is 0 Å². The van der Waals surface area contributed by atoms with Crippen LogP contribution in [-0.2, 0) is 9.59 Å². The number of anilines is 1. The molecule has 1 heterocycles. The second-order valence-electron chi connectivity index (χ2n) is 5.55. The predicted octanol–water partition coefficient (Wildman–Crippen LogP) is 2.07. The molecule has 0 bridgehead atoms. The van der Waals surface area contributed by atoms with Gasteiger partial charge in [-0.1, -0.05) is 48.2 Å². The van der Waals surface area contributed by atoms with Gasteiger partial charge in [-0.05, 0) is 36.5 Å². The van der Waals surface area contributed by atoms with Gasteiger partial charge in [-0.3, -0.25) is 9.80 Å². The zero-order valence-corrected chi connectivity index (χ0v) is 16.0. The summed E-state index contributed by atoms with van der Waals surface area (Å²) in [5.74, 6) is -1.23. The third-order valence-electron chi connectivity index (χ3n) is 3.75. The molecule has 27 heavy (non-hydrogen) atoms. The lowest BCUT2D eigenvalue weighted by Crippen LogP contribution is -2.42. The molecule has 2 aromatic rings. The molecule has 1 amide bonds. The molecule has 0 N–H and O–H groups in total. The topological polar surface area (TPSA) is 72.9 Å². The van der Waals surface area contributed by atoms with Gasteiger partial charge in [-0.2, -0.15) is 5.01 Å². The Morgan fingerprint density at radius 1 is 1.22 bits per heavy atom. The smallest absolute Gasteiger partial charge is 0.285 e. The first kappa shape index (κ1) is 18.9. The van der Waals surface area contributed by atoms with Crippen LogP contribution in [0.5, 0.6) is 5.75 Å². The number of benzene rings is 2. The normalized spacial score (nSPS) is 15.3. The van der Waals surface area contributed by atoms with E-state index in [1.165, 1.54) is 16.8 Å². The fourth-order valence-corrected chi connectivity index (χ4v) is 3.80. The number of amides is 1. The van der Waals surface area contributed by atoms with Crippen molar-refractivity contribution in [3.05, 3.63) is 65.1 Å². The number of aliphatic carboxylic acids is 1. The van der Waals surface area contributed by atoms with E-state index < -0.39 is 12.6 Å². The van der Waals surface area contributed by atoms with Gasteiger partial charge in [-0.25, -0.2) is 0 Å². The van der Waals surface area contributed by atoms with Gasteiger partial charge in [0, 0.05) is 12.6 Å². The second kappa shape index (κ2) is 8.24. The number of carboxylic acid groups (broad SMARTS) is 1. The largest absolute Gasteiger partial charge is 0.546 e. The first-order valence-corrected chi connectivity index (χ1v) is 9.18. The van der Waals surface area contributed by atoms with Crippen LogP contribution in [-0.4, -0.2) is 34.9 Å². The molecule has 1 saturated heterocycles. The Balaban J connectivity index is 1.86. The number of hydrogen-bond donors (Lipinski definition) is 0. The molecule has 2 aromatic carbocycles. The van der Waals surface area contributed by atoms with Crippen LogP contribution >= 0.6 is 24.0 Å². The Bertz CT molecular complexity index is 915. The molecule has 138 valence electrons. The Morgan fingerprint density at radius 2 is 1.89 bits per heavy atom. The molecule has 0 atom stereocenters. The number of carboxylic acids is 1. The third kappa shape index (κ3) is 4.29. The van der Waals surface area contributed by atoms with Crippen molar-refractivity contribution in [1.29, 1.82) is 0 Å². The van der Waals surface area contributed by atoms with E-state index in [4.69, 9.17) is 17.0 Å². The number of thiocarbonyl (C=S) groups is 1. The van der Waals surface area contributed by atoms with Crippen LogP contribution in [0.1, 0.15) is 5.56 Å². The zero-order chi connectivity index (χ0) is 19.4. The van der Waals surface area contributed by atoms with E-state index in [9.17, 15) is 14.7 Å². The number of hydrogen-bond acceptors (Lipinski definition) is 7. The number of rotatable bonds is 6. The Kier molecular flexibility index (Phi) is 5.78. The summed E-state index contributed by atoms with van der Waals surface area (Å²) in [6.07, 6.45) is 1.64. The van der Waals surface area contributed by atoms with Gasteiger partial charge in [0.1, 0.15) is 12.4 Å². The molecule has 3 rings (SSSR count). The number of carbonyl (C=O) groups is 2. The van der Waals surface area contributed by atoms with Gasteiger partial charge in [-0.15, -0.1) is 0 Å². The number of ether oxygens (including phenoxy) is 1. The highest BCUT2D eigenvalue weighted by atomic mass is 32.2. The molecule has 0 aromatic heterocycles. The molecule has 1 aliphatic rings. The fraction of sp³-hybridized carbons (Fsp3) is 0.105. The highest BCUT2D eigenvalue weighted by Gasteiger charge is 2.35. The van der Waals surface area contributed by atoms with Crippen LogP contribution in [0.25, 0.3) is 6.08 Å². The van der Waals surface area contributed by atoms with E-state index in [0.717, 1.165) is 5.69 Å². The van der Waals surface area contributed by atoms with Gasteiger partial charge < -0.3 is 14.6 Å². The molecule has 0 radical (unpaired) electrons. The SMILES string of the molecule is CN(c1ccccc1)N1C(=O)/C(=C/c2ccccc2OCC(=O)[O-])SC1=S. The lowest BCUT2D eigenvalue weighted by molar-refractivity contribution is -0.307. The van der Waals surface area contributed by atoms with Gasteiger partial charge in [0.15, 0.2) is 4.32 Å². The zero-order valence-electron chi connectivity index (χ0n) is 14.3. The number of thioether (sulfide) groups is 1. The van der Waals surface area contributed by atoms with E-state index in [2.05, 4.69) is 0 Å². The van der Waals surface area contributed by atoms with E-state index in [1.54, 1.807) is 42.4 Å². The maximum Gasteiger partial charge on any atom is 0.285 e. The van der Waals surface area contributed by atoms with Crippen LogP contribution in [0, 0.1) is 0 Å². The number of para-hydroxylation sites is 2. The highest BCUT2D eigenvalue weighted by Crippen LogP contribution is 2.36. The average Bonchev–Trinajstić information content (AvgIpc) is 2.94. The highest BCUT2D eigenvalue weighted by molar-refractivity contribution is 8.26. The summed E-state index contributed by atoms with van der Waals surface area (Å²) in [5.41, 5.74) is 1.41. The Labute approximate surface area is 166 Å². The van der Waals surface area contributed by atoms with Crippen LogP contribution in [0.3, 0.4) is 0 Å². The molecule has 1 fully saturated rings. The molecular weight excluding hydrogens is 384 g/mol. The summed E-state index contributed by atoms with van der Waals surface area (Å²) in [4.78, 5) is 23.9. The van der Waals surface area contributed by atoms with Crippen LogP contribution in [0.15, 0.2) is 59.5 Å². The quantitative estimate of drug-likeness (QED) is 0.544. The number of hydrazine groups is 1. The van der Waals surface area contributed by atoms with Crippen molar-refractivity contribution < 1.29 is 19.4 Å². The van der Waals surface area contributed by atoms with Gasteiger partial charge in [0.05, 0.1) is 16.6 Å². The predicted molar refractivity (Wildman–Crippen MR) is 107 cm³/mol. The molecule has 0 unspecified atom stereocenters. The van der Waals surface area contributed by atoms with Crippen LogP contribution < -0.4 is 14.9 Å². The van der Waals surface area contributed by atoms with Crippen molar-refractivity contribution in [3.8, 4) is 5.75 Å². The monoisotopic (exact) mass is 399 g/mol. The van der Waals surface area contributed by atoms with E-state index in [0.29, 0.717) is 20.5 Å². The first-order valence-electron chi connectivity index (χ1n) is 7.95. The summed E-state index contributed by atoms with van der Waals surface area (Å²) in [6, 6.07) is 16.3. The van der Waals surface area contributed by atoms with E-state index in [1.807, 2.05) is 30.3 Å². The Hall–Kier alpha value is -2.84. The first-order chi connectivity index (χ1) is 13.0. The Morgan fingerprint density at radius 3 is 2.59 bits per heavy atom. The van der Waals surface area contributed by atoms with Crippen molar-refractivity contribution in [2.45, 2.75) is 0 Å². The maximum atomic E-state index is 12.9. The van der Waals surface area contributed by atoms with Crippen molar-refractivity contribution in [3.63, 3.8) is 0 Å². The third-order valence-corrected chi connectivity index (χ3v) is 5.04. The van der Waals surface area contributed by atoms with E-state index >= 15 is 0 Å². The minimum atomic E-state index is -1.32. The summed E-state index contributed by atoms with van der Waals surface area (Å²) in [5, 5.41) is 13.8. The van der Waals surface area contributed by atoms with Crippen molar-refractivity contribution in [2.24, 2.45) is 0 Å². The lowest BCUT2D eigenvalue weighted by Gasteiger charge is -2.28. The summed E-state index contributed by atoms with van der Waals surface area (Å²) < 4.78 is 5.64. The molecule has 1 aliphatic heterocycles. The summed E-state index contributed by atoms with van der Waals surface area (Å²) >= 11 is 6.55. The molecule has 0 saturated carbocycles. The lowest BCUT2D eigenvalue weighted by atomic mass is 10.2. The second-order valence-corrected chi connectivity index (χ2v) is 7.23. The van der Waals surface area contributed by atoms with E-state index in [-0.39, 0.29) is 5.91 Å². The molecular formula is C19H15N2O4S2-. The maximum absolute atomic E-state index is 12.9. The minimum absolute atomic E-state index is 0.258. The van der Waals surface area contributed by atoms with Crippen molar-refractivity contribution in [2.75, 3.05) is 18.7 Å². The van der Waals surface area contributed by atoms with Crippen molar-refractivity contribution >= 4 is 51.9 Å². The van der Waals surface area contributed by atoms with Crippen molar-refractivity contribution in [1.82, 2.24) is 5.01 Å². The van der Waals surface area contributed by atoms with Gasteiger partial charge in [0.25, 0.3) is 5.91 Å². The van der Waals surface area contributed by atoms with Crippen LogP contribution in [0.2, 0.25) is 0 Å². The molecule has 0 spiro atoms. The molecule has 0 aliphatic carbocycles. The molecule has 8 heteroatoms. The number of carbonyl (C=O) groups excluding carboxylic acids is 2. The summed E-state index contributed by atoms with van der Waals surface area (Å²) in [6.45, 7) is -0.567. The van der Waals surface area contributed by atoms with Gasteiger partial charge in [0.2, 0.25) is 0 Å². The molecule has 6 nitrogen and oxygen atoms in total. The minimum Gasteiger partial charge on any atom is -0.546 e.